The minimum atomic E-state index is -1.27. The average Bonchev–Trinajstić information content (AvgIpc) is 2.68. The van der Waals surface area contributed by atoms with E-state index in [9.17, 15) is 14.4 Å². The SMILES string of the molecule is CC(=O)CC[C@@]1(C(=O)OC(C)(C)C)Cc2cc(C)ccc2C1=O. The quantitative estimate of drug-likeness (QED) is 0.631. The molecule has 1 atom stereocenters. The normalized spacial score (nSPS) is 20.3. The third-order valence-corrected chi connectivity index (χ3v) is 4.13. The monoisotopic (exact) mass is 316 g/mol. The molecule has 0 bridgehead atoms. The number of hydrogen-bond donors (Lipinski definition) is 0. The number of ketones is 2. The molecule has 0 aliphatic heterocycles. The van der Waals surface area contributed by atoms with Crippen molar-refractivity contribution in [2.24, 2.45) is 5.41 Å². The van der Waals surface area contributed by atoms with E-state index in [1.165, 1.54) is 6.92 Å². The number of esters is 1. The van der Waals surface area contributed by atoms with E-state index in [4.69, 9.17) is 4.74 Å². The van der Waals surface area contributed by atoms with Gasteiger partial charge < -0.3 is 9.53 Å². The average molecular weight is 316 g/mol. The van der Waals surface area contributed by atoms with Crippen molar-refractivity contribution < 1.29 is 19.1 Å². The molecule has 0 amide bonds. The molecule has 1 aromatic carbocycles. The van der Waals surface area contributed by atoms with Gasteiger partial charge >= 0.3 is 5.97 Å². The number of ether oxygens (including phenoxy) is 1. The molecule has 0 saturated carbocycles. The van der Waals surface area contributed by atoms with Gasteiger partial charge in [-0.15, -0.1) is 0 Å². The van der Waals surface area contributed by atoms with Gasteiger partial charge in [-0.25, -0.2) is 0 Å². The van der Waals surface area contributed by atoms with Crippen molar-refractivity contribution in [2.75, 3.05) is 0 Å². The van der Waals surface area contributed by atoms with E-state index in [0.29, 0.717) is 12.0 Å². The van der Waals surface area contributed by atoms with E-state index >= 15 is 0 Å². The number of aryl methyl sites for hydroxylation is 1. The summed E-state index contributed by atoms with van der Waals surface area (Å²) < 4.78 is 5.52. The molecule has 124 valence electrons. The van der Waals surface area contributed by atoms with E-state index < -0.39 is 17.0 Å². The molecule has 4 nitrogen and oxygen atoms in total. The zero-order valence-corrected chi connectivity index (χ0v) is 14.5. The lowest BCUT2D eigenvalue weighted by Crippen LogP contribution is -2.42. The maximum atomic E-state index is 13.0. The highest BCUT2D eigenvalue weighted by atomic mass is 16.6. The smallest absolute Gasteiger partial charge is 0.320 e. The Morgan fingerprint density at radius 3 is 2.48 bits per heavy atom. The van der Waals surface area contributed by atoms with Crippen LogP contribution in [0.15, 0.2) is 18.2 Å². The van der Waals surface area contributed by atoms with Gasteiger partial charge in [-0.1, -0.05) is 23.8 Å². The number of carbonyl (C=O) groups is 3. The van der Waals surface area contributed by atoms with Crippen LogP contribution in [-0.2, 0) is 20.7 Å². The Morgan fingerprint density at radius 2 is 1.91 bits per heavy atom. The number of rotatable bonds is 4. The van der Waals surface area contributed by atoms with Gasteiger partial charge in [0, 0.05) is 12.0 Å². The molecule has 0 spiro atoms. The first-order valence-corrected chi connectivity index (χ1v) is 7.92. The summed E-state index contributed by atoms with van der Waals surface area (Å²) in [5.41, 5.74) is 0.540. The summed E-state index contributed by atoms with van der Waals surface area (Å²) in [6.07, 6.45) is 0.701. The van der Waals surface area contributed by atoms with Crippen LogP contribution < -0.4 is 0 Å². The summed E-state index contributed by atoms with van der Waals surface area (Å²) in [5.74, 6) is -0.777. The molecule has 0 unspecified atom stereocenters. The van der Waals surface area contributed by atoms with Gasteiger partial charge in [0.1, 0.15) is 16.8 Å². The van der Waals surface area contributed by atoms with Gasteiger partial charge in [-0.05, 0) is 53.0 Å². The van der Waals surface area contributed by atoms with E-state index in [0.717, 1.165) is 11.1 Å². The molecule has 0 saturated heterocycles. The van der Waals surface area contributed by atoms with Crippen LogP contribution in [0.3, 0.4) is 0 Å². The molecule has 0 aromatic heterocycles. The topological polar surface area (TPSA) is 60.4 Å². The first-order valence-electron chi connectivity index (χ1n) is 7.92. The van der Waals surface area contributed by atoms with E-state index in [1.54, 1.807) is 26.8 Å². The van der Waals surface area contributed by atoms with Crippen molar-refractivity contribution in [2.45, 2.75) is 59.5 Å². The van der Waals surface area contributed by atoms with Crippen LogP contribution in [0.4, 0.5) is 0 Å². The van der Waals surface area contributed by atoms with Crippen LogP contribution in [0.25, 0.3) is 0 Å². The van der Waals surface area contributed by atoms with Gasteiger partial charge in [-0.2, -0.15) is 0 Å². The van der Waals surface area contributed by atoms with E-state index in [1.807, 2.05) is 19.1 Å². The zero-order chi connectivity index (χ0) is 17.4. The van der Waals surface area contributed by atoms with Crippen LogP contribution in [0.5, 0.6) is 0 Å². The summed E-state index contributed by atoms with van der Waals surface area (Å²) in [5, 5.41) is 0. The van der Waals surface area contributed by atoms with Crippen molar-refractivity contribution >= 4 is 17.5 Å². The number of carbonyl (C=O) groups excluding carboxylic acids is 3. The fourth-order valence-corrected chi connectivity index (χ4v) is 2.99. The second-order valence-electron chi connectivity index (χ2n) is 7.45. The highest BCUT2D eigenvalue weighted by Gasteiger charge is 2.53. The minimum absolute atomic E-state index is 0.0344. The molecular weight excluding hydrogens is 292 g/mol. The fraction of sp³-hybridized carbons (Fsp3) is 0.526. The Kier molecular flexibility index (Phi) is 4.47. The molecule has 1 aromatic rings. The van der Waals surface area contributed by atoms with Gasteiger partial charge in [0.05, 0.1) is 0 Å². The lowest BCUT2D eigenvalue weighted by Gasteiger charge is -2.29. The summed E-state index contributed by atoms with van der Waals surface area (Å²) in [6.45, 7) is 8.76. The molecule has 1 aliphatic rings. The molecule has 0 radical (unpaired) electrons. The lowest BCUT2D eigenvalue weighted by atomic mass is 9.78. The Morgan fingerprint density at radius 1 is 1.26 bits per heavy atom. The maximum absolute atomic E-state index is 13.0. The molecular formula is C19H24O4. The largest absolute Gasteiger partial charge is 0.459 e. The molecule has 0 fully saturated rings. The van der Waals surface area contributed by atoms with Crippen LogP contribution in [-0.4, -0.2) is 23.1 Å². The Hall–Kier alpha value is -1.97. The Bertz CT molecular complexity index is 666. The zero-order valence-electron chi connectivity index (χ0n) is 14.5. The molecule has 1 aliphatic carbocycles. The van der Waals surface area contributed by atoms with E-state index in [-0.39, 0.29) is 24.4 Å². The summed E-state index contributed by atoms with van der Waals surface area (Å²) in [4.78, 5) is 37.2. The minimum Gasteiger partial charge on any atom is -0.459 e. The van der Waals surface area contributed by atoms with Gasteiger partial charge in [0.25, 0.3) is 0 Å². The molecule has 2 rings (SSSR count). The highest BCUT2D eigenvalue weighted by Crippen LogP contribution is 2.42. The molecule has 0 N–H and O–H groups in total. The number of fused-ring (bicyclic) bond motifs is 1. The summed E-state index contributed by atoms with van der Waals surface area (Å²) >= 11 is 0. The third-order valence-electron chi connectivity index (χ3n) is 4.13. The first kappa shape index (κ1) is 17.4. The van der Waals surface area contributed by atoms with Crippen molar-refractivity contribution in [1.29, 1.82) is 0 Å². The highest BCUT2D eigenvalue weighted by molar-refractivity contribution is 6.16. The van der Waals surface area contributed by atoms with Crippen molar-refractivity contribution in [1.82, 2.24) is 0 Å². The molecule has 0 heterocycles. The van der Waals surface area contributed by atoms with Crippen LogP contribution in [0, 0.1) is 12.3 Å². The first-order chi connectivity index (χ1) is 10.5. The van der Waals surface area contributed by atoms with Gasteiger partial charge in [0.2, 0.25) is 0 Å². The van der Waals surface area contributed by atoms with Gasteiger partial charge in [-0.3, -0.25) is 9.59 Å². The van der Waals surface area contributed by atoms with Crippen LogP contribution >= 0.6 is 0 Å². The molecule has 23 heavy (non-hydrogen) atoms. The van der Waals surface area contributed by atoms with Crippen molar-refractivity contribution in [3.05, 3.63) is 34.9 Å². The van der Waals surface area contributed by atoms with Crippen LogP contribution in [0.1, 0.15) is 62.0 Å². The predicted molar refractivity (Wildman–Crippen MR) is 87.4 cm³/mol. The predicted octanol–water partition coefficient (Wildman–Crippen LogP) is 3.43. The van der Waals surface area contributed by atoms with E-state index in [2.05, 4.69) is 0 Å². The number of hydrogen-bond acceptors (Lipinski definition) is 4. The van der Waals surface area contributed by atoms with Crippen LogP contribution in [0.2, 0.25) is 0 Å². The summed E-state index contributed by atoms with van der Waals surface area (Å²) in [7, 11) is 0. The standard InChI is InChI=1S/C19H24O4/c1-12-6-7-15-14(10-12)11-19(16(15)21,9-8-13(2)20)17(22)23-18(3,4)5/h6-7,10H,8-9,11H2,1-5H3/t19-/m1/s1. The maximum Gasteiger partial charge on any atom is 0.320 e. The number of benzene rings is 1. The Balaban J connectivity index is 2.42. The lowest BCUT2D eigenvalue weighted by molar-refractivity contribution is -0.164. The fourth-order valence-electron chi connectivity index (χ4n) is 2.99. The van der Waals surface area contributed by atoms with Crippen molar-refractivity contribution in [3.8, 4) is 0 Å². The van der Waals surface area contributed by atoms with Crippen molar-refractivity contribution in [3.63, 3.8) is 0 Å². The molecule has 4 heteroatoms. The van der Waals surface area contributed by atoms with Gasteiger partial charge in [0.15, 0.2) is 5.78 Å². The second-order valence-corrected chi connectivity index (χ2v) is 7.45. The number of Topliss-reactive ketones (excluding diaryl/α,β-unsaturated/α-hetero) is 2. The Labute approximate surface area is 137 Å². The second kappa shape index (κ2) is 5.91. The summed E-state index contributed by atoms with van der Waals surface area (Å²) in [6, 6.07) is 5.58. The third kappa shape index (κ3) is 3.52.